The summed E-state index contributed by atoms with van der Waals surface area (Å²) >= 11 is 0. The fourth-order valence-corrected chi connectivity index (χ4v) is 3.31. The van der Waals surface area contributed by atoms with E-state index in [1.54, 1.807) is 0 Å². The van der Waals surface area contributed by atoms with Gasteiger partial charge in [-0.2, -0.15) is 15.0 Å². The number of fused-ring (bicyclic) bond motifs is 2. The number of imidazole rings is 1. The molecule has 7 heterocycles. The van der Waals surface area contributed by atoms with Crippen molar-refractivity contribution < 1.29 is 35.2 Å². The van der Waals surface area contributed by atoms with Crippen LogP contribution in [0.1, 0.15) is 0 Å². The molecule has 20 heavy (non-hydrogen) atoms. The molecule has 0 aliphatic carbocycles. The number of rotatable bonds is 0. The van der Waals surface area contributed by atoms with Gasteiger partial charge in [0.1, 0.15) is 0 Å². The van der Waals surface area contributed by atoms with Gasteiger partial charge in [0.15, 0.2) is 11.2 Å². The molecule has 0 N–H and O–H groups in total. The highest BCUT2D eigenvalue weighted by atomic mass is 32.3. The first-order valence-corrected chi connectivity index (χ1v) is 7.66. The zero-order chi connectivity index (χ0) is 13.7. The predicted molar refractivity (Wildman–Crippen MR) is 54.3 cm³/mol. The van der Waals surface area contributed by atoms with Gasteiger partial charge in [-0.25, -0.2) is 4.57 Å². The monoisotopic (exact) mass is 321 g/mol. The summed E-state index contributed by atoms with van der Waals surface area (Å²) in [5.74, 6) is -0.0894. The Kier molecular flexibility index (Phi) is 1.49. The molecule has 5 aliphatic heterocycles. The first-order valence-electron chi connectivity index (χ1n) is 4.87. The van der Waals surface area contributed by atoms with Crippen molar-refractivity contribution in [3.05, 3.63) is 0 Å². The van der Waals surface area contributed by atoms with Crippen molar-refractivity contribution in [1.29, 1.82) is 0 Å². The molecule has 2 aromatic heterocycles. The van der Waals surface area contributed by atoms with E-state index in [4.69, 9.17) is 13.8 Å². The first-order chi connectivity index (χ1) is 9.43. The van der Waals surface area contributed by atoms with Crippen LogP contribution in [-0.2, 0) is 24.2 Å². The van der Waals surface area contributed by atoms with Crippen LogP contribution >= 0.6 is 7.82 Å². The smallest absolute Gasteiger partial charge is 0.365 e. The van der Waals surface area contributed by atoms with Crippen LogP contribution in [0, 0.1) is 0 Å². The van der Waals surface area contributed by atoms with Gasteiger partial charge in [0, 0.05) is 0 Å². The van der Waals surface area contributed by atoms with Crippen molar-refractivity contribution >= 4 is 35.2 Å². The van der Waals surface area contributed by atoms with Gasteiger partial charge in [0.05, 0.1) is 0 Å². The third-order valence-corrected chi connectivity index (χ3v) is 4.23. The van der Waals surface area contributed by atoms with E-state index in [2.05, 4.69) is 23.4 Å². The van der Waals surface area contributed by atoms with E-state index >= 15 is 0 Å². The molecular formula is C5N5O8PS. The molecule has 0 aromatic carbocycles. The van der Waals surface area contributed by atoms with E-state index < -0.39 is 30.2 Å². The van der Waals surface area contributed by atoms with Gasteiger partial charge in [0.2, 0.25) is 5.82 Å². The number of hydrogen-bond donors (Lipinski definition) is 0. The van der Waals surface area contributed by atoms with E-state index in [1.165, 1.54) is 0 Å². The number of phosphoric acid groups is 1. The number of aromatic nitrogens is 4. The van der Waals surface area contributed by atoms with Crippen molar-refractivity contribution in [3.63, 3.8) is 0 Å². The Morgan fingerprint density at radius 1 is 1.15 bits per heavy atom. The van der Waals surface area contributed by atoms with E-state index in [0.29, 0.717) is 9.96 Å². The van der Waals surface area contributed by atoms with Crippen LogP contribution in [0.4, 0.5) is 5.82 Å². The van der Waals surface area contributed by atoms with Crippen molar-refractivity contribution in [2.24, 2.45) is 0 Å². The third kappa shape index (κ3) is 1.16. The van der Waals surface area contributed by atoms with Crippen LogP contribution < -0.4 is 18.2 Å². The minimum Gasteiger partial charge on any atom is -0.365 e. The highest BCUT2D eigenvalue weighted by Crippen LogP contribution is 2.62. The largest absolute Gasteiger partial charge is 0.580 e. The highest BCUT2D eigenvalue weighted by molar-refractivity contribution is 7.82. The summed E-state index contributed by atoms with van der Waals surface area (Å²) in [4.78, 5) is 11.3. The highest BCUT2D eigenvalue weighted by Gasteiger charge is 2.53. The minimum atomic E-state index is -4.48. The lowest BCUT2D eigenvalue weighted by Crippen LogP contribution is -2.39. The molecule has 0 unspecified atom stereocenters. The normalized spacial score (nSPS) is 23.1. The van der Waals surface area contributed by atoms with E-state index in [1.807, 2.05) is 0 Å². The Morgan fingerprint density at radius 2 is 1.95 bits per heavy atom. The Morgan fingerprint density at radius 3 is 2.75 bits per heavy atom. The average molecular weight is 321 g/mol. The molecule has 0 spiro atoms. The van der Waals surface area contributed by atoms with Gasteiger partial charge >= 0.3 is 30.2 Å². The molecule has 0 atom stereocenters. The molecule has 0 amide bonds. The van der Waals surface area contributed by atoms with Gasteiger partial charge < -0.3 is 8.71 Å². The lowest BCUT2D eigenvalue weighted by atomic mass is 10.5. The maximum atomic E-state index is 11.8. The molecule has 8 bridgehead atoms. The minimum absolute atomic E-state index is 0.0116. The van der Waals surface area contributed by atoms with E-state index in [9.17, 15) is 13.0 Å². The van der Waals surface area contributed by atoms with E-state index in [0.717, 1.165) is 0 Å². The van der Waals surface area contributed by atoms with Gasteiger partial charge in [0.25, 0.3) is 0 Å². The Hall–Kier alpha value is -2.15. The Balaban J connectivity index is 1.97. The quantitative estimate of drug-likeness (QED) is 0.553. The fraction of sp³-hybridized carbons (Fsp3) is 0. The van der Waals surface area contributed by atoms with E-state index in [-0.39, 0.29) is 17.0 Å². The summed E-state index contributed by atoms with van der Waals surface area (Å²) in [6.07, 6.45) is 0. The standard InChI is InChI=1S/C5N5O8PS/c11-19-14-5-7-2-1-3(10(16-19)17-19)8-4(6-2)15-20(12,13)18-9(1)5. The zero-order valence-electron chi connectivity index (χ0n) is 8.86. The summed E-state index contributed by atoms with van der Waals surface area (Å²) < 4.78 is 59.1. The maximum Gasteiger partial charge on any atom is 0.580 e. The molecule has 1 saturated heterocycles. The Labute approximate surface area is 108 Å². The number of nitrogens with zero attached hydrogens (tertiary/aromatic N) is 5. The molecule has 0 saturated carbocycles. The second kappa shape index (κ2) is 2.80. The molecule has 2 aromatic rings. The van der Waals surface area contributed by atoms with Crippen LogP contribution in [0.2, 0.25) is 0 Å². The van der Waals surface area contributed by atoms with Gasteiger partial charge in [-0.3, -0.25) is 4.28 Å². The zero-order valence-corrected chi connectivity index (χ0v) is 10.6. The fourth-order valence-electron chi connectivity index (χ4n) is 1.79. The first kappa shape index (κ1) is 10.6. The molecular weight excluding hydrogens is 321 g/mol. The average Bonchev–Trinajstić information content (AvgIpc) is 2.61. The van der Waals surface area contributed by atoms with Crippen molar-refractivity contribution in [2.75, 3.05) is 5.23 Å². The molecule has 5 aliphatic rings. The van der Waals surface area contributed by atoms with Crippen LogP contribution in [-0.4, -0.2) is 28.1 Å². The van der Waals surface area contributed by atoms with Gasteiger partial charge in [-0.05, 0) is 0 Å². The second-order valence-corrected chi connectivity index (χ2v) is 6.25. The lowest BCUT2D eigenvalue weighted by Gasteiger charge is -2.35. The maximum absolute atomic E-state index is 11.8. The molecule has 15 heteroatoms. The lowest BCUT2D eigenvalue weighted by molar-refractivity contribution is -0.0651. The molecule has 104 valence electrons. The topological polar surface area (TPSA) is 144 Å². The third-order valence-electron chi connectivity index (χ3n) is 2.46. The molecule has 1 fully saturated rings. The number of hydrogen-bond acceptors (Lipinski definition) is 12. The second-order valence-electron chi connectivity index (χ2n) is 3.72. The SMILES string of the molecule is O=P12Oc3nc4nc5nc(c4n3OS(=O)(=O)O5)N(O1)O2. The number of anilines is 1. The Bertz CT molecular complexity index is 942. The van der Waals surface area contributed by atoms with Gasteiger partial charge in [-0.15, -0.1) is 22.4 Å². The van der Waals surface area contributed by atoms with Crippen molar-refractivity contribution in [2.45, 2.75) is 0 Å². The predicted octanol–water partition coefficient (Wildman–Crippen LogP) is -0.924. The van der Waals surface area contributed by atoms with Crippen molar-refractivity contribution in [1.82, 2.24) is 19.7 Å². The van der Waals surface area contributed by atoms with Crippen LogP contribution in [0.3, 0.4) is 0 Å². The summed E-state index contributed by atoms with van der Waals surface area (Å²) in [6.45, 7) is 0. The van der Waals surface area contributed by atoms with Crippen LogP contribution in [0.25, 0.3) is 11.2 Å². The van der Waals surface area contributed by atoms with Gasteiger partial charge in [-0.1, -0.05) is 5.23 Å². The molecule has 0 radical (unpaired) electrons. The van der Waals surface area contributed by atoms with Crippen LogP contribution in [0.15, 0.2) is 0 Å². The summed E-state index contributed by atoms with van der Waals surface area (Å²) in [6, 6.07) is -1.04. The summed E-state index contributed by atoms with van der Waals surface area (Å²) in [5, 5.41) is 0.667. The summed E-state index contributed by atoms with van der Waals surface area (Å²) in [5.41, 5.74) is -0.0241. The van der Waals surface area contributed by atoms with Crippen molar-refractivity contribution in [3.8, 4) is 12.0 Å². The summed E-state index contributed by atoms with van der Waals surface area (Å²) in [7, 11) is -8.40. The van der Waals surface area contributed by atoms with Crippen LogP contribution in [0.5, 0.6) is 12.0 Å². The molecule has 13 nitrogen and oxygen atoms in total. The molecule has 7 rings (SSSR count).